The highest BCUT2D eigenvalue weighted by atomic mass is 127. The third-order valence-corrected chi connectivity index (χ3v) is 3.97. The van der Waals surface area contributed by atoms with Crippen LogP contribution < -0.4 is 15.4 Å². The molecule has 0 radical (unpaired) electrons. The Balaban J connectivity index is 0.00000420. The molecule has 0 unspecified atom stereocenters. The molecule has 0 saturated heterocycles. The lowest BCUT2D eigenvalue weighted by Gasteiger charge is -2.14. The van der Waals surface area contributed by atoms with E-state index in [1.54, 1.807) is 13.3 Å². The molecule has 0 aliphatic rings. The number of rotatable bonds is 12. The Morgan fingerprint density at radius 3 is 2.72 bits per heavy atom. The quantitative estimate of drug-likeness (QED) is 0.196. The molecule has 1 aromatic carbocycles. The van der Waals surface area contributed by atoms with Gasteiger partial charge in [0.15, 0.2) is 5.96 Å². The SMILES string of the molecule is CN=C(NCCCOCc1ccco1)NCc1cccc(OCCN(C)C)c1.I. The molecule has 2 N–H and O–H groups in total. The number of hydrogen-bond donors (Lipinski definition) is 2. The first kappa shape index (κ1) is 25.3. The molecule has 0 bridgehead atoms. The van der Waals surface area contributed by atoms with Crippen molar-refractivity contribution in [1.29, 1.82) is 0 Å². The van der Waals surface area contributed by atoms with Crippen LogP contribution >= 0.6 is 24.0 Å². The van der Waals surface area contributed by atoms with Crippen molar-refractivity contribution in [1.82, 2.24) is 15.5 Å². The van der Waals surface area contributed by atoms with Gasteiger partial charge in [-0.1, -0.05) is 12.1 Å². The molecule has 0 fully saturated rings. The first-order chi connectivity index (χ1) is 13.7. The standard InChI is InChI=1S/C21H32N4O3.HI/c1-22-21(23-10-6-12-26-17-20-9-5-13-27-20)24-16-18-7-4-8-19(15-18)28-14-11-25(2)3;/h4-5,7-9,13,15H,6,10-12,14,16-17H2,1-3H3,(H2,22,23,24);1H. The molecule has 0 spiro atoms. The van der Waals surface area contributed by atoms with E-state index in [1.165, 1.54) is 0 Å². The molecule has 2 aromatic rings. The van der Waals surface area contributed by atoms with E-state index in [-0.39, 0.29) is 24.0 Å². The molecule has 0 amide bonds. The molecule has 7 nitrogen and oxygen atoms in total. The lowest BCUT2D eigenvalue weighted by Crippen LogP contribution is -2.37. The maximum Gasteiger partial charge on any atom is 0.191 e. The molecule has 162 valence electrons. The highest BCUT2D eigenvalue weighted by Gasteiger charge is 2.01. The minimum absolute atomic E-state index is 0. The van der Waals surface area contributed by atoms with Gasteiger partial charge in [-0.25, -0.2) is 0 Å². The van der Waals surface area contributed by atoms with E-state index in [0.29, 0.717) is 26.4 Å². The Hall–Kier alpha value is -1.78. The van der Waals surface area contributed by atoms with E-state index in [9.17, 15) is 0 Å². The van der Waals surface area contributed by atoms with Crippen LogP contribution in [0, 0.1) is 0 Å². The molecule has 0 saturated carbocycles. The summed E-state index contributed by atoms with van der Waals surface area (Å²) in [4.78, 5) is 6.36. The number of nitrogens with zero attached hydrogens (tertiary/aromatic N) is 2. The third-order valence-electron chi connectivity index (χ3n) is 3.97. The van der Waals surface area contributed by atoms with E-state index >= 15 is 0 Å². The monoisotopic (exact) mass is 516 g/mol. The predicted octanol–water partition coefficient (Wildman–Crippen LogP) is 3.11. The summed E-state index contributed by atoms with van der Waals surface area (Å²) >= 11 is 0. The van der Waals surface area contributed by atoms with Crippen LogP contribution in [0.5, 0.6) is 5.75 Å². The topological polar surface area (TPSA) is 71.3 Å². The van der Waals surface area contributed by atoms with Crippen LogP contribution in [-0.2, 0) is 17.9 Å². The number of guanidine groups is 1. The van der Waals surface area contributed by atoms with Crippen molar-refractivity contribution >= 4 is 29.9 Å². The van der Waals surface area contributed by atoms with Gasteiger partial charge in [0.1, 0.15) is 24.7 Å². The van der Waals surface area contributed by atoms with Crippen LogP contribution in [-0.4, -0.2) is 58.3 Å². The van der Waals surface area contributed by atoms with Crippen LogP contribution in [0.3, 0.4) is 0 Å². The van der Waals surface area contributed by atoms with Gasteiger partial charge in [0.05, 0.1) is 6.26 Å². The molecular weight excluding hydrogens is 483 g/mol. The minimum atomic E-state index is 0. The van der Waals surface area contributed by atoms with Gasteiger partial charge in [-0.15, -0.1) is 24.0 Å². The molecule has 0 atom stereocenters. The number of nitrogens with one attached hydrogen (secondary N) is 2. The average Bonchev–Trinajstić information content (AvgIpc) is 3.20. The van der Waals surface area contributed by atoms with E-state index in [0.717, 1.165) is 42.5 Å². The molecule has 0 aliphatic heterocycles. The zero-order valence-electron chi connectivity index (χ0n) is 17.5. The highest BCUT2D eigenvalue weighted by Crippen LogP contribution is 2.13. The number of aliphatic imine (C=N–C) groups is 1. The molecule has 1 heterocycles. The summed E-state index contributed by atoms with van der Waals surface area (Å²) in [6.45, 7) is 4.20. The summed E-state index contributed by atoms with van der Waals surface area (Å²) in [7, 11) is 5.84. The average molecular weight is 516 g/mol. The van der Waals surface area contributed by atoms with Gasteiger partial charge in [0.2, 0.25) is 0 Å². The van der Waals surface area contributed by atoms with Crippen LogP contribution in [0.2, 0.25) is 0 Å². The molecule has 0 aliphatic carbocycles. The molecule has 2 rings (SSSR count). The fourth-order valence-electron chi connectivity index (χ4n) is 2.45. The largest absolute Gasteiger partial charge is 0.492 e. The van der Waals surface area contributed by atoms with Crippen molar-refractivity contribution in [3.05, 3.63) is 54.0 Å². The van der Waals surface area contributed by atoms with E-state index in [4.69, 9.17) is 13.9 Å². The van der Waals surface area contributed by atoms with Gasteiger partial charge in [0.25, 0.3) is 0 Å². The van der Waals surface area contributed by atoms with Gasteiger partial charge in [0, 0.05) is 33.3 Å². The van der Waals surface area contributed by atoms with Gasteiger partial charge < -0.3 is 29.4 Å². The Morgan fingerprint density at radius 2 is 2.00 bits per heavy atom. The third kappa shape index (κ3) is 11.1. The van der Waals surface area contributed by atoms with Crippen molar-refractivity contribution < 1.29 is 13.9 Å². The summed E-state index contributed by atoms with van der Waals surface area (Å²) in [5, 5.41) is 6.61. The fourth-order valence-corrected chi connectivity index (χ4v) is 2.45. The second kappa shape index (κ2) is 15.1. The first-order valence-corrected chi connectivity index (χ1v) is 9.58. The molecule has 1 aromatic heterocycles. The van der Waals surface area contributed by atoms with Crippen LogP contribution in [0.1, 0.15) is 17.7 Å². The molecule has 29 heavy (non-hydrogen) atoms. The van der Waals surface area contributed by atoms with E-state index in [2.05, 4.69) is 32.7 Å². The maximum absolute atomic E-state index is 5.78. The lowest BCUT2D eigenvalue weighted by atomic mass is 10.2. The highest BCUT2D eigenvalue weighted by molar-refractivity contribution is 14.0. The molecular formula is C21H33IN4O3. The summed E-state index contributed by atoms with van der Waals surface area (Å²) in [6.07, 6.45) is 2.54. The normalized spacial score (nSPS) is 11.2. The van der Waals surface area contributed by atoms with E-state index in [1.807, 2.05) is 38.4 Å². The van der Waals surface area contributed by atoms with Crippen LogP contribution in [0.15, 0.2) is 52.1 Å². The van der Waals surface area contributed by atoms with Crippen LogP contribution in [0.4, 0.5) is 0 Å². The Labute approximate surface area is 190 Å². The van der Waals surface area contributed by atoms with Gasteiger partial charge >= 0.3 is 0 Å². The number of hydrogen-bond acceptors (Lipinski definition) is 5. The maximum atomic E-state index is 5.78. The van der Waals surface area contributed by atoms with Crippen molar-refractivity contribution in [2.45, 2.75) is 19.6 Å². The van der Waals surface area contributed by atoms with Gasteiger partial charge in [-0.2, -0.15) is 0 Å². The zero-order chi connectivity index (χ0) is 20.0. The minimum Gasteiger partial charge on any atom is -0.492 e. The smallest absolute Gasteiger partial charge is 0.191 e. The summed E-state index contributed by atoms with van der Waals surface area (Å²) in [5.74, 6) is 2.50. The first-order valence-electron chi connectivity index (χ1n) is 9.58. The second-order valence-corrected chi connectivity index (χ2v) is 6.64. The zero-order valence-corrected chi connectivity index (χ0v) is 19.8. The fraction of sp³-hybridized carbons (Fsp3) is 0.476. The summed E-state index contributed by atoms with van der Waals surface area (Å²) in [5.41, 5.74) is 1.15. The Morgan fingerprint density at radius 1 is 1.14 bits per heavy atom. The summed E-state index contributed by atoms with van der Waals surface area (Å²) < 4.78 is 16.6. The van der Waals surface area contributed by atoms with E-state index < -0.39 is 0 Å². The summed E-state index contributed by atoms with van der Waals surface area (Å²) in [6, 6.07) is 11.9. The van der Waals surface area contributed by atoms with Gasteiger partial charge in [-0.3, -0.25) is 4.99 Å². The lowest BCUT2D eigenvalue weighted by molar-refractivity contribution is 0.105. The second-order valence-electron chi connectivity index (χ2n) is 6.64. The number of ether oxygens (including phenoxy) is 2. The number of halogens is 1. The number of likely N-dealkylation sites (N-methyl/N-ethyl adjacent to an activating group) is 1. The number of benzene rings is 1. The van der Waals surface area contributed by atoms with Crippen molar-refractivity contribution in [2.24, 2.45) is 4.99 Å². The van der Waals surface area contributed by atoms with Crippen molar-refractivity contribution in [3.63, 3.8) is 0 Å². The Bertz CT molecular complexity index is 693. The molecule has 8 heteroatoms. The van der Waals surface area contributed by atoms with Crippen LogP contribution in [0.25, 0.3) is 0 Å². The van der Waals surface area contributed by atoms with Gasteiger partial charge in [-0.05, 0) is 50.3 Å². The number of furan rings is 1. The predicted molar refractivity (Wildman–Crippen MR) is 127 cm³/mol. The van der Waals surface area contributed by atoms with Crippen molar-refractivity contribution in [3.8, 4) is 5.75 Å². The van der Waals surface area contributed by atoms with Crippen molar-refractivity contribution in [2.75, 3.05) is 47.4 Å². The Kier molecular flexibility index (Phi) is 13.2.